The highest BCUT2D eigenvalue weighted by Crippen LogP contribution is 2.33. The average molecular weight is 253 g/mol. The lowest BCUT2D eigenvalue weighted by Gasteiger charge is -2.19. The molecule has 0 aliphatic heterocycles. The van der Waals surface area contributed by atoms with Gasteiger partial charge in [0.05, 0.1) is 11.1 Å². The van der Waals surface area contributed by atoms with Crippen LogP contribution in [0.1, 0.15) is 43.2 Å². The number of aromatic hydroxyl groups is 1. The van der Waals surface area contributed by atoms with Crippen LogP contribution in [0.2, 0.25) is 0 Å². The molecule has 0 atom stereocenters. The van der Waals surface area contributed by atoms with Crippen molar-refractivity contribution in [2.45, 2.75) is 13.8 Å². The fourth-order valence-electron chi connectivity index (χ4n) is 2.53. The van der Waals surface area contributed by atoms with Gasteiger partial charge in [0.15, 0.2) is 11.6 Å². The quantitative estimate of drug-likeness (QED) is 0.666. The summed E-state index contributed by atoms with van der Waals surface area (Å²) in [5.74, 6) is -0.747. The van der Waals surface area contributed by atoms with Crippen molar-refractivity contribution in [1.82, 2.24) is 4.98 Å². The van der Waals surface area contributed by atoms with Gasteiger partial charge >= 0.3 is 0 Å². The van der Waals surface area contributed by atoms with Crippen LogP contribution < -0.4 is 0 Å². The van der Waals surface area contributed by atoms with Crippen LogP contribution in [0.3, 0.4) is 0 Å². The molecule has 19 heavy (non-hydrogen) atoms. The summed E-state index contributed by atoms with van der Waals surface area (Å²) in [6.07, 6.45) is 0. The minimum atomic E-state index is -0.340. The van der Waals surface area contributed by atoms with E-state index in [1.54, 1.807) is 32.0 Å². The molecule has 2 aromatic rings. The molecule has 1 heterocycles. The van der Waals surface area contributed by atoms with Gasteiger partial charge in [0, 0.05) is 22.5 Å². The van der Waals surface area contributed by atoms with Crippen molar-refractivity contribution >= 4 is 11.6 Å². The van der Waals surface area contributed by atoms with E-state index >= 15 is 0 Å². The smallest absolute Gasteiger partial charge is 0.200 e. The Balaban J connectivity index is 2.40. The topological polar surface area (TPSA) is 67.3 Å². The first-order chi connectivity index (χ1) is 9.00. The lowest BCUT2D eigenvalue weighted by molar-refractivity contribution is 0.0975. The maximum absolute atomic E-state index is 12.5. The zero-order valence-electron chi connectivity index (χ0n) is 10.5. The van der Waals surface area contributed by atoms with E-state index in [0.29, 0.717) is 22.5 Å². The van der Waals surface area contributed by atoms with E-state index < -0.39 is 0 Å². The summed E-state index contributed by atoms with van der Waals surface area (Å²) in [5.41, 5.74) is 2.21. The Bertz CT molecular complexity index is 747. The van der Waals surface area contributed by atoms with E-state index in [0.717, 1.165) is 0 Å². The molecule has 0 fully saturated rings. The predicted molar refractivity (Wildman–Crippen MR) is 68.7 cm³/mol. The van der Waals surface area contributed by atoms with E-state index in [-0.39, 0.29) is 28.4 Å². The number of hydrogen-bond donors (Lipinski definition) is 1. The molecule has 0 radical (unpaired) electrons. The van der Waals surface area contributed by atoms with Crippen LogP contribution in [-0.4, -0.2) is 21.7 Å². The first-order valence-corrected chi connectivity index (χ1v) is 5.90. The van der Waals surface area contributed by atoms with Crippen LogP contribution in [0.4, 0.5) is 0 Å². The van der Waals surface area contributed by atoms with Crippen LogP contribution in [-0.2, 0) is 0 Å². The molecule has 1 aromatic heterocycles. The number of nitrogens with zero attached hydrogens (tertiary/aromatic N) is 1. The van der Waals surface area contributed by atoms with Gasteiger partial charge < -0.3 is 5.11 Å². The summed E-state index contributed by atoms with van der Waals surface area (Å²) in [6.45, 7) is 3.48. The summed E-state index contributed by atoms with van der Waals surface area (Å²) in [4.78, 5) is 29.1. The largest absolute Gasteiger partial charge is 0.507 e. The fraction of sp³-hybridized carbons (Fsp3) is 0.133. The number of rotatable bonds is 0. The molecule has 1 aromatic carbocycles. The highest BCUT2D eigenvalue weighted by molar-refractivity contribution is 6.29. The maximum atomic E-state index is 12.5. The Labute approximate surface area is 109 Å². The predicted octanol–water partition coefficient (Wildman–Crippen LogP) is 2.18. The van der Waals surface area contributed by atoms with Crippen molar-refractivity contribution in [3.8, 4) is 5.75 Å². The summed E-state index contributed by atoms with van der Waals surface area (Å²) in [6, 6.07) is 6.15. The summed E-state index contributed by atoms with van der Waals surface area (Å²) in [5, 5.41) is 9.82. The molecule has 4 nitrogen and oxygen atoms in total. The zero-order chi connectivity index (χ0) is 13.7. The summed E-state index contributed by atoms with van der Waals surface area (Å²) >= 11 is 0. The van der Waals surface area contributed by atoms with Crippen molar-refractivity contribution < 1.29 is 14.7 Å². The van der Waals surface area contributed by atoms with E-state index in [4.69, 9.17) is 0 Å². The number of benzene rings is 1. The molecule has 4 heteroatoms. The molecular formula is C15H11NO3. The Kier molecular flexibility index (Phi) is 2.29. The van der Waals surface area contributed by atoms with Gasteiger partial charge in [-0.2, -0.15) is 0 Å². The third-order valence-corrected chi connectivity index (χ3v) is 3.31. The van der Waals surface area contributed by atoms with Gasteiger partial charge in [0.1, 0.15) is 5.75 Å². The number of pyridine rings is 1. The van der Waals surface area contributed by atoms with Crippen molar-refractivity contribution in [2.24, 2.45) is 0 Å². The molecule has 0 bridgehead atoms. The minimum Gasteiger partial charge on any atom is -0.507 e. The third-order valence-electron chi connectivity index (χ3n) is 3.31. The van der Waals surface area contributed by atoms with Crippen molar-refractivity contribution in [3.05, 3.63) is 57.9 Å². The second-order valence-corrected chi connectivity index (χ2v) is 4.63. The van der Waals surface area contributed by atoms with E-state index in [1.807, 2.05) is 0 Å². The number of phenols is 1. The first kappa shape index (κ1) is 11.6. The number of ketones is 2. The standard InChI is InChI=1S/C15H11NO3/c1-7-6-10-12(8(2)16-7)15(19)13-9(14(10)18)4-3-5-11(13)17/h3-6,17H,1-2H3. The number of hydrogen-bond acceptors (Lipinski definition) is 4. The molecule has 0 saturated carbocycles. The van der Waals surface area contributed by atoms with Crippen LogP contribution in [0.15, 0.2) is 24.3 Å². The van der Waals surface area contributed by atoms with Gasteiger partial charge in [-0.3, -0.25) is 14.6 Å². The highest BCUT2D eigenvalue weighted by atomic mass is 16.3. The zero-order valence-corrected chi connectivity index (χ0v) is 10.5. The maximum Gasteiger partial charge on any atom is 0.200 e. The average Bonchev–Trinajstić information content (AvgIpc) is 2.34. The molecule has 94 valence electrons. The number of aromatic nitrogens is 1. The summed E-state index contributed by atoms with van der Waals surface area (Å²) < 4.78 is 0. The molecule has 0 amide bonds. The van der Waals surface area contributed by atoms with Gasteiger partial charge in [0.2, 0.25) is 0 Å². The highest BCUT2D eigenvalue weighted by Gasteiger charge is 2.33. The lowest BCUT2D eigenvalue weighted by Crippen LogP contribution is -2.23. The second-order valence-electron chi connectivity index (χ2n) is 4.63. The normalized spacial score (nSPS) is 13.2. The molecule has 1 aliphatic carbocycles. The van der Waals surface area contributed by atoms with Crippen molar-refractivity contribution in [3.63, 3.8) is 0 Å². The van der Waals surface area contributed by atoms with E-state index in [1.165, 1.54) is 6.07 Å². The number of aryl methyl sites for hydroxylation is 2. The van der Waals surface area contributed by atoms with Crippen molar-refractivity contribution in [2.75, 3.05) is 0 Å². The number of phenolic OH excluding ortho intramolecular Hbond substituents is 1. The molecule has 0 unspecified atom stereocenters. The van der Waals surface area contributed by atoms with Gasteiger partial charge in [-0.05, 0) is 26.0 Å². The Hall–Kier alpha value is -2.49. The molecule has 1 aliphatic rings. The summed E-state index contributed by atoms with van der Waals surface area (Å²) in [7, 11) is 0. The molecule has 0 saturated heterocycles. The van der Waals surface area contributed by atoms with E-state index in [2.05, 4.69) is 4.98 Å². The Morgan fingerprint density at radius 2 is 1.74 bits per heavy atom. The lowest BCUT2D eigenvalue weighted by atomic mass is 9.83. The van der Waals surface area contributed by atoms with Gasteiger partial charge in [0.25, 0.3) is 0 Å². The van der Waals surface area contributed by atoms with Crippen LogP contribution in [0.5, 0.6) is 5.75 Å². The molecule has 3 rings (SSSR count). The fourth-order valence-corrected chi connectivity index (χ4v) is 2.53. The SMILES string of the molecule is Cc1cc2c(c(C)n1)C(=O)c1c(O)cccc1C2=O. The Morgan fingerprint density at radius 1 is 1.00 bits per heavy atom. The molecule has 0 spiro atoms. The van der Waals surface area contributed by atoms with Crippen LogP contribution in [0.25, 0.3) is 0 Å². The second kappa shape index (κ2) is 3.75. The monoisotopic (exact) mass is 253 g/mol. The van der Waals surface area contributed by atoms with Crippen molar-refractivity contribution in [1.29, 1.82) is 0 Å². The molecular weight excluding hydrogens is 242 g/mol. The molecule has 1 N–H and O–H groups in total. The number of fused-ring (bicyclic) bond motifs is 2. The van der Waals surface area contributed by atoms with Gasteiger partial charge in [-0.1, -0.05) is 12.1 Å². The van der Waals surface area contributed by atoms with Crippen LogP contribution >= 0.6 is 0 Å². The van der Waals surface area contributed by atoms with Crippen LogP contribution in [0, 0.1) is 13.8 Å². The van der Waals surface area contributed by atoms with E-state index in [9.17, 15) is 14.7 Å². The minimum absolute atomic E-state index is 0.0775. The van der Waals surface area contributed by atoms with Gasteiger partial charge in [-0.15, -0.1) is 0 Å². The third kappa shape index (κ3) is 1.50. The first-order valence-electron chi connectivity index (χ1n) is 5.90. The Morgan fingerprint density at radius 3 is 2.47 bits per heavy atom. The number of carbonyl (C=O) groups excluding carboxylic acids is 2. The van der Waals surface area contributed by atoms with Gasteiger partial charge in [-0.25, -0.2) is 0 Å². The number of carbonyl (C=O) groups is 2.